The Kier molecular flexibility index (Phi) is 7.45. The van der Waals surface area contributed by atoms with Crippen LogP contribution in [-0.2, 0) is 19.6 Å². The van der Waals surface area contributed by atoms with Crippen molar-refractivity contribution in [3.8, 4) is 5.75 Å². The summed E-state index contributed by atoms with van der Waals surface area (Å²) in [6, 6.07) is 28.5. The van der Waals surface area contributed by atoms with E-state index in [0.29, 0.717) is 13.2 Å². The van der Waals surface area contributed by atoms with E-state index in [4.69, 9.17) is 4.74 Å². The van der Waals surface area contributed by atoms with Gasteiger partial charge in [0.25, 0.3) is 0 Å². The van der Waals surface area contributed by atoms with Gasteiger partial charge in [0.15, 0.2) is 0 Å². The van der Waals surface area contributed by atoms with Crippen LogP contribution in [0.1, 0.15) is 23.1 Å². The summed E-state index contributed by atoms with van der Waals surface area (Å²) in [4.78, 5) is 0. The first kappa shape index (κ1) is 19.2. The van der Waals surface area contributed by atoms with Crippen LogP contribution in [0.15, 0.2) is 84.9 Å². The van der Waals surface area contributed by atoms with Crippen LogP contribution in [0.5, 0.6) is 5.75 Å². The fourth-order valence-electron chi connectivity index (χ4n) is 2.91. The predicted molar refractivity (Wildman–Crippen MR) is 110 cm³/mol. The molecule has 3 heteroatoms. The van der Waals surface area contributed by atoms with E-state index in [1.807, 2.05) is 48.5 Å². The van der Waals surface area contributed by atoms with E-state index in [1.54, 1.807) is 0 Å². The Morgan fingerprint density at radius 2 is 1.37 bits per heavy atom. The summed E-state index contributed by atoms with van der Waals surface area (Å²) in [6.07, 6.45) is 1.25. The zero-order valence-corrected chi connectivity index (χ0v) is 15.6. The van der Waals surface area contributed by atoms with Gasteiger partial charge in [-0.2, -0.15) is 0 Å². The minimum absolute atomic E-state index is 0.345. The number of aliphatic hydroxyl groups is 1. The molecular formula is C24H27NO2. The number of aliphatic hydroxyl groups excluding tert-OH is 1. The summed E-state index contributed by atoms with van der Waals surface area (Å²) in [7, 11) is 0. The summed E-state index contributed by atoms with van der Waals surface area (Å²) in [5.74, 6) is 0.868. The second-order valence-corrected chi connectivity index (χ2v) is 6.73. The third-order valence-corrected chi connectivity index (χ3v) is 4.49. The molecule has 0 spiro atoms. The molecule has 0 aliphatic carbocycles. The molecule has 0 bridgehead atoms. The maximum atomic E-state index is 10.2. The number of hydrogen-bond donors (Lipinski definition) is 2. The summed E-state index contributed by atoms with van der Waals surface area (Å²) >= 11 is 0. The lowest BCUT2D eigenvalue weighted by Gasteiger charge is -2.12. The van der Waals surface area contributed by atoms with Crippen LogP contribution < -0.4 is 10.1 Å². The molecule has 0 unspecified atom stereocenters. The van der Waals surface area contributed by atoms with Crippen molar-refractivity contribution in [2.75, 3.05) is 6.54 Å². The third kappa shape index (κ3) is 6.89. The first-order chi connectivity index (χ1) is 13.3. The van der Waals surface area contributed by atoms with Crippen molar-refractivity contribution in [1.29, 1.82) is 0 Å². The van der Waals surface area contributed by atoms with E-state index in [-0.39, 0.29) is 6.10 Å². The first-order valence-electron chi connectivity index (χ1n) is 9.48. The van der Waals surface area contributed by atoms with Gasteiger partial charge < -0.3 is 15.2 Å². The first-order valence-corrected chi connectivity index (χ1v) is 9.48. The van der Waals surface area contributed by atoms with Gasteiger partial charge in [0.1, 0.15) is 12.4 Å². The Bertz CT molecular complexity index is 772. The lowest BCUT2D eigenvalue weighted by atomic mass is 10.1. The van der Waals surface area contributed by atoms with Gasteiger partial charge in [0.2, 0.25) is 0 Å². The molecule has 27 heavy (non-hydrogen) atoms. The normalized spacial score (nSPS) is 11.9. The highest BCUT2D eigenvalue weighted by Crippen LogP contribution is 2.15. The summed E-state index contributed by atoms with van der Waals surface area (Å²) in [5.41, 5.74) is 3.60. The minimum Gasteiger partial charge on any atom is -0.489 e. The molecule has 2 N–H and O–H groups in total. The van der Waals surface area contributed by atoms with Crippen LogP contribution >= 0.6 is 0 Å². The van der Waals surface area contributed by atoms with Gasteiger partial charge in [-0.05, 0) is 41.7 Å². The quantitative estimate of drug-likeness (QED) is 0.564. The van der Waals surface area contributed by atoms with Crippen molar-refractivity contribution >= 4 is 0 Å². The topological polar surface area (TPSA) is 41.5 Å². The molecule has 0 radical (unpaired) electrons. The average molecular weight is 361 g/mol. The number of hydrogen-bond acceptors (Lipinski definition) is 3. The van der Waals surface area contributed by atoms with Crippen LogP contribution in [-0.4, -0.2) is 17.8 Å². The highest BCUT2D eigenvalue weighted by molar-refractivity contribution is 5.28. The molecule has 0 amide bonds. The Hall–Kier alpha value is -2.62. The van der Waals surface area contributed by atoms with Crippen molar-refractivity contribution in [3.05, 3.63) is 102 Å². The summed E-state index contributed by atoms with van der Waals surface area (Å²) < 4.78 is 5.81. The molecule has 3 nitrogen and oxygen atoms in total. The fourth-order valence-corrected chi connectivity index (χ4v) is 2.91. The Labute approximate surface area is 161 Å². The molecule has 140 valence electrons. The van der Waals surface area contributed by atoms with E-state index >= 15 is 0 Å². The van der Waals surface area contributed by atoms with Gasteiger partial charge in [-0.3, -0.25) is 0 Å². The molecule has 1 atom stereocenters. The monoisotopic (exact) mass is 361 g/mol. The van der Waals surface area contributed by atoms with Crippen molar-refractivity contribution < 1.29 is 9.84 Å². The van der Waals surface area contributed by atoms with E-state index < -0.39 is 0 Å². The highest BCUT2D eigenvalue weighted by Gasteiger charge is 2.05. The molecule has 3 rings (SSSR count). The van der Waals surface area contributed by atoms with Crippen LogP contribution in [0.3, 0.4) is 0 Å². The number of ether oxygens (including phenoxy) is 1. The molecule has 3 aromatic carbocycles. The molecular weight excluding hydrogens is 334 g/mol. The number of nitrogens with one attached hydrogen (secondary N) is 1. The Morgan fingerprint density at radius 3 is 2.04 bits per heavy atom. The molecule has 0 aliphatic rings. The van der Waals surface area contributed by atoms with Crippen molar-refractivity contribution in [2.45, 2.75) is 32.1 Å². The number of aryl methyl sites for hydroxylation is 1. The van der Waals surface area contributed by atoms with E-state index in [2.05, 4.69) is 41.7 Å². The van der Waals surface area contributed by atoms with Gasteiger partial charge in [-0.1, -0.05) is 72.8 Å². The smallest absolute Gasteiger partial charge is 0.119 e. The minimum atomic E-state index is -0.345. The lowest BCUT2D eigenvalue weighted by Crippen LogP contribution is -2.26. The SMILES string of the molecule is O[C@H](CCc1ccc(OCc2ccccc2)cc1)CNCc1ccccc1. The summed E-state index contributed by atoms with van der Waals surface area (Å²) in [6.45, 7) is 1.96. The van der Waals surface area contributed by atoms with Gasteiger partial charge in [-0.15, -0.1) is 0 Å². The largest absolute Gasteiger partial charge is 0.489 e. The van der Waals surface area contributed by atoms with E-state index in [1.165, 1.54) is 11.1 Å². The zero-order valence-electron chi connectivity index (χ0n) is 15.6. The van der Waals surface area contributed by atoms with Gasteiger partial charge in [0, 0.05) is 13.1 Å². The Morgan fingerprint density at radius 1 is 0.741 bits per heavy atom. The highest BCUT2D eigenvalue weighted by atomic mass is 16.5. The van der Waals surface area contributed by atoms with Crippen LogP contribution in [0.4, 0.5) is 0 Å². The summed E-state index contributed by atoms with van der Waals surface area (Å²) in [5, 5.41) is 13.5. The predicted octanol–water partition coefficient (Wildman–Crippen LogP) is 4.35. The molecule has 0 aliphatic heterocycles. The van der Waals surface area contributed by atoms with Gasteiger partial charge in [0.05, 0.1) is 6.10 Å². The molecule has 0 fully saturated rings. The van der Waals surface area contributed by atoms with Crippen molar-refractivity contribution in [3.63, 3.8) is 0 Å². The standard InChI is InChI=1S/C24H27NO2/c26-23(18-25-17-21-7-3-1-4-8-21)14-11-20-12-15-24(16-13-20)27-19-22-9-5-2-6-10-22/h1-10,12-13,15-16,23,25-26H,11,14,17-19H2/t23-/m1/s1. The fraction of sp³-hybridized carbons (Fsp3) is 0.250. The zero-order chi connectivity index (χ0) is 18.7. The van der Waals surface area contributed by atoms with Crippen LogP contribution in [0.2, 0.25) is 0 Å². The van der Waals surface area contributed by atoms with Gasteiger partial charge >= 0.3 is 0 Å². The van der Waals surface area contributed by atoms with Crippen LogP contribution in [0.25, 0.3) is 0 Å². The van der Waals surface area contributed by atoms with Crippen molar-refractivity contribution in [1.82, 2.24) is 5.32 Å². The lowest BCUT2D eigenvalue weighted by molar-refractivity contribution is 0.161. The average Bonchev–Trinajstić information content (AvgIpc) is 2.73. The maximum absolute atomic E-state index is 10.2. The molecule has 3 aromatic rings. The third-order valence-electron chi connectivity index (χ3n) is 4.49. The molecule has 0 aromatic heterocycles. The van der Waals surface area contributed by atoms with E-state index in [0.717, 1.165) is 30.7 Å². The van der Waals surface area contributed by atoms with Crippen LogP contribution in [0, 0.1) is 0 Å². The van der Waals surface area contributed by atoms with E-state index in [9.17, 15) is 5.11 Å². The molecule has 0 heterocycles. The second kappa shape index (κ2) is 10.5. The number of rotatable bonds is 10. The maximum Gasteiger partial charge on any atom is 0.119 e. The molecule has 0 saturated carbocycles. The van der Waals surface area contributed by atoms with Crippen molar-refractivity contribution in [2.24, 2.45) is 0 Å². The Balaban J connectivity index is 1.35. The second-order valence-electron chi connectivity index (χ2n) is 6.73. The van der Waals surface area contributed by atoms with Gasteiger partial charge in [-0.25, -0.2) is 0 Å². The number of benzene rings is 3. The molecule has 0 saturated heterocycles.